The van der Waals surface area contributed by atoms with E-state index in [1.54, 1.807) is 18.2 Å². The molecule has 0 atom stereocenters. The van der Waals surface area contributed by atoms with Gasteiger partial charge in [-0.25, -0.2) is 30.0 Å². The Balaban J connectivity index is 2.04. The number of hydrogen-bond donors (Lipinski definition) is 0. The summed E-state index contributed by atoms with van der Waals surface area (Å²) in [5.74, 6) is -2.73. The standard InChI is InChI=1S/C33H5F2N11/c1-41-22(13-39)28-18-9-19-27(21(12-38)25(18)20(11-37)26(28)16-6-5-15(10-36)45-32(16)34)31(44-4)30(29(19)23(14-40)42-2)17-7-8-24(43-3)46-33(17)35/h5-9H/b28-22+,29-23-. The number of benzene rings is 1. The fourth-order valence-corrected chi connectivity index (χ4v) is 5.33. The molecule has 0 amide bonds. The lowest BCUT2D eigenvalue weighted by Crippen LogP contribution is -2.00. The SMILES string of the molecule is [C-]#[N+]C1=C(c2ccc([N+]#[C-])nc2F)/C(=C(/C#N)[N+]#[C-])c2cc3c(c(C#N)c21)C(C#N)=C(c1ccc(C#N)nc1F)/C3=C(\C#N)[N+]#[C-]. The molecule has 1 aromatic carbocycles. The molecule has 2 heterocycles. The second-order valence-electron chi connectivity index (χ2n) is 9.07. The molecule has 206 valence electrons. The Hall–Kier alpha value is -8.25. The summed E-state index contributed by atoms with van der Waals surface area (Å²) in [6.07, 6.45) is 0. The highest BCUT2D eigenvalue weighted by molar-refractivity contribution is 6.30. The third-order valence-corrected chi connectivity index (χ3v) is 7.03. The Morgan fingerprint density at radius 1 is 0.652 bits per heavy atom. The summed E-state index contributed by atoms with van der Waals surface area (Å²) in [5, 5.41) is 49.8. The van der Waals surface area contributed by atoms with E-state index in [9.17, 15) is 21.0 Å². The van der Waals surface area contributed by atoms with Crippen molar-refractivity contribution in [2.75, 3.05) is 0 Å². The molecule has 0 N–H and O–H groups in total. The van der Waals surface area contributed by atoms with Crippen LogP contribution in [0.25, 0.3) is 52.9 Å². The van der Waals surface area contributed by atoms with Crippen molar-refractivity contribution in [3.63, 3.8) is 0 Å². The number of hydrogen-bond acceptors (Lipinski definition) is 7. The van der Waals surface area contributed by atoms with Crippen LogP contribution in [-0.2, 0) is 0 Å². The van der Waals surface area contributed by atoms with Gasteiger partial charge in [0.2, 0.25) is 11.6 Å². The first-order valence-electron chi connectivity index (χ1n) is 12.3. The maximum absolute atomic E-state index is 15.4. The molecular formula is C33H5F2N11. The predicted molar refractivity (Wildman–Crippen MR) is 155 cm³/mol. The third-order valence-electron chi connectivity index (χ3n) is 7.03. The van der Waals surface area contributed by atoms with Crippen molar-refractivity contribution in [1.82, 2.24) is 9.97 Å². The van der Waals surface area contributed by atoms with E-state index in [0.717, 1.165) is 24.3 Å². The Morgan fingerprint density at radius 3 is 1.74 bits per heavy atom. The molecule has 2 aliphatic carbocycles. The normalized spacial score (nSPS) is 14.5. The van der Waals surface area contributed by atoms with Gasteiger partial charge >= 0.3 is 5.95 Å². The zero-order chi connectivity index (χ0) is 33.3. The number of allylic oxidation sites excluding steroid dienone is 7. The monoisotopic (exact) mass is 593 g/mol. The molecule has 2 aromatic heterocycles. The quantitative estimate of drug-likeness (QED) is 0.183. The first-order valence-corrected chi connectivity index (χ1v) is 12.3. The molecule has 0 saturated carbocycles. The van der Waals surface area contributed by atoms with Crippen molar-refractivity contribution in [2.24, 2.45) is 0 Å². The van der Waals surface area contributed by atoms with Crippen LogP contribution in [0.5, 0.6) is 0 Å². The van der Waals surface area contributed by atoms with Crippen LogP contribution in [0.2, 0.25) is 0 Å². The summed E-state index contributed by atoms with van der Waals surface area (Å²) in [6, 6.07) is 14.7. The first-order chi connectivity index (χ1) is 22.3. The molecule has 0 spiro atoms. The Morgan fingerprint density at radius 2 is 1.24 bits per heavy atom. The van der Waals surface area contributed by atoms with Crippen molar-refractivity contribution in [1.29, 1.82) is 26.3 Å². The van der Waals surface area contributed by atoms with Gasteiger partial charge in [0.1, 0.15) is 17.8 Å². The van der Waals surface area contributed by atoms with Crippen LogP contribution in [0, 0.1) is 94.8 Å². The van der Waals surface area contributed by atoms with Crippen molar-refractivity contribution in [3.05, 3.63) is 144 Å². The fraction of sp³-hybridized carbons (Fsp3) is 0. The van der Waals surface area contributed by atoms with Crippen molar-refractivity contribution in [3.8, 4) is 30.3 Å². The maximum Gasteiger partial charge on any atom is 0.308 e. The summed E-state index contributed by atoms with van der Waals surface area (Å²) in [6.45, 7) is 30.4. The minimum atomic E-state index is -1.21. The van der Waals surface area contributed by atoms with E-state index < -0.39 is 23.3 Å². The second-order valence-corrected chi connectivity index (χ2v) is 9.07. The smallest absolute Gasteiger partial charge is 0.308 e. The van der Waals surface area contributed by atoms with Crippen molar-refractivity contribution >= 4 is 39.4 Å². The summed E-state index contributed by atoms with van der Waals surface area (Å²) in [4.78, 5) is 20.2. The van der Waals surface area contributed by atoms with Gasteiger partial charge < -0.3 is 4.85 Å². The van der Waals surface area contributed by atoms with E-state index in [4.69, 9.17) is 31.6 Å². The lowest BCUT2D eigenvalue weighted by Gasteiger charge is -2.14. The molecule has 2 aliphatic rings. The van der Waals surface area contributed by atoms with Gasteiger partial charge in [0, 0.05) is 33.4 Å². The molecular weight excluding hydrogens is 588 g/mol. The number of nitriles is 5. The molecule has 0 saturated heterocycles. The summed E-state index contributed by atoms with van der Waals surface area (Å²) in [7, 11) is 0. The van der Waals surface area contributed by atoms with Gasteiger partial charge in [0.15, 0.2) is 0 Å². The molecule has 11 nitrogen and oxygen atoms in total. The summed E-state index contributed by atoms with van der Waals surface area (Å²) in [5.41, 5.74) is -5.06. The molecule has 0 bridgehead atoms. The number of nitrogens with zero attached hydrogens (tertiary/aromatic N) is 11. The average Bonchev–Trinajstić information content (AvgIpc) is 3.57. The van der Waals surface area contributed by atoms with Crippen LogP contribution < -0.4 is 0 Å². The average molecular weight is 593 g/mol. The highest BCUT2D eigenvalue weighted by Gasteiger charge is 2.41. The van der Waals surface area contributed by atoms with Crippen molar-refractivity contribution < 1.29 is 8.78 Å². The molecule has 46 heavy (non-hydrogen) atoms. The summed E-state index contributed by atoms with van der Waals surface area (Å²) < 4.78 is 30.7. The van der Waals surface area contributed by atoms with Crippen LogP contribution in [0.4, 0.5) is 14.6 Å². The highest BCUT2D eigenvalue weighted by atomic mass is 19.1. The van der Waals surface area contributed by atoms with Crippen LogP contribution >= 0.6 is 0 Å². The summed E-state index contributed by atoms with van der Waals surface area (Å²) >= 11 is 0. The van der Waals surface area contributed by atoms with Gasteiger partial charge in [-0.1, -0.05) is 17.6 Å². The van der Waals surface area contributed by atoms with E-state index in [2.05, 4.69) is 29.3 Å². The topological polar surface area (TPSA) is 162 Å². The van der Waals surface area contributed by atoms with Gasteiger partial charge in [0.05, 0.1) is 49.1 Å². The Kier molecular flexibility index (Phi) is 7.12. The largest absolute Gasteiger partial charge is 0.361 e. The molecule has 3 aromatic rings. The number of pyridine rings is 2. The fourth-order valence-electron chi connectivity index (χ4n) is 5.33. The minimum absolute atomic E-state index is 0.103. The van der Waals surface area contributed by atoms with Crippen molar-refractivity contribution in [2.45, 2.75) is 0 Å². The number of aromatic nitrogens is 2. The van der Waals surface area contributed by atoms with Crippen LogP contribution in [0.15, 0.2) is 41.7 Å². The predicted octanol–water partition coefficient (Wildman–Crippen LogP) is 6.61. The highest BCUT2D eigenvalue weighted by Crippen LogP contribution is 2.57. The molecule has 5 rings (SSSR count). The van der Waals surface area contributed by atoms with Gasteiger partial charge in [-0.15, -0.1) is 0 Å². The zero-order valence-corrected chi connectivity index (χ0v) is 22.6. The number of fused-ring (bicyclic) bond motifs is 2. The second kappa shape index (κ2) is 11.2. The van der Waals surface area contributed by atoms with E-state index in [1.807, 2.05) is 12.1 Å². The molecule has 0 aliphatic heterocycles. The molecule has 0 radical (unpaired) electrons. The zero-order valence-electron chi connectivity index (χ0n) is 22.6. The van der Waals surface area contributed by atoms with Gasteiger partial charge in [-0.05, 0) is 46.5 Å². The first kappa shape index (κ1) is 29.2. The van der Waals surface area contributed by atoms with Gasteiger partial charge in [0.25, 0.3) is 17.2 Å². The molecule has 0 fully saturated rings. The lowest BCUT2D eigenvalue weighted by atomic mass is 9.88. The molecule has 0 unspecified atom stereocenters. The lowest BCUT2D eigenvalue weighted by molar-refractivity contribution is 0.579. The minimum Gasteiger partial charge on any atom is -0.361 e. The number of halogens is 2. The third kappa shape index (κ3) is 4.01. The van der Waals surface area contributed by atoms with Gasteiger partial charge in [-0.3, -0.25) is 0 Å². The van der Waals surface area contributed by atoms with Crippen LogP contribution in [-0.4, -0.2) is 9.97 Å². The van der Waals surface area contributed by atoms with Gasteiger partial charge in [-0.2, -0.15) is 24.6 Å². The Labute approximate surface area is 258 Å². The van der Waals surface area contributed by atoms with E-state index in [0.29, 0.717) is 0 Å². The number of rotatable bonds is 2. The van der Waals surface area contributed by atoms with Crippen LogP contribution in [0.1, 0.15) is 44.6 Å². The maximum atomic E-state index is 15.4. The van der Waals surface area contributed by atoms with Crippen LogP contribution in [0.3, 0.4) is 0 Å². The molecule has 13 heteroatoms. The Bertz CT molecular complexity index is 2340. The van der Waals surface area contributed by atoms with E-state index in [1.165, 1.54) is 6.07 Å². The van der Waals surface area contributed by atoms with E-state index >= 15 is 8.78 Å². The van der Waals surface area contributed by atoms with E-state index in [-0.39, 0.29) is 84.0 Å².